The van der Waals surface area contributed by atoms with E-state index < -0.39 is 5.91 Å². The van der Waals surface area contributed by atoms with Crippen molar-refractivity contribution in [2.45, 2.75) is 44.8 Å². The summed E-state index contributed by atoms with van der Waals surface area (Å²) in [5.74, 6) is 0.0284. The summed E-state index contributed by atoms with van der Waals surface area (Å²) in [6.07, 6.45) is 5.81. The van der Waals surface area contributed by atoms with Crippen LogP contribution >= 0.6 is 0 Å². The van der Waals surface area contributed by atoms with E-state index in [1.807, 2.05) is 0 Å². The summed E-state index contributed by atoms with van der Waals surface area (Å²) in [6.45, 7) is 9.10. The smallest absolute Gasteiger partial charge is 0.284 e. The summed E-state index contributed by atoms with van der Waals surface area (Å²) in [4.78, 5) is 25.5. The van der Waals surface area contributed by atoms with E-state index >= 15 is 0 Å². The molecule has 6 rings (SSSR count). The van der Waals surface area contributed by atoms with Crippen LogP contribution in [0.5, 0.6) is 0 Å². The first kappa shape index (κ1) is 21.6. The van der Waals surface area contributed by atoms with E-state index in [4.69, 9.17) is 10.2 Å². The number of furan rings is 1. The van der Waals surface area contributed by atoms with Crippen molar-refractivity contribution in [3.63, 3.8) is 0 Å². The zero-order valence-electron chi connectivity index (χ0n) is 20.0. The number of amides is 1. The van der Waals surface area contributed by atoms with Gasteiger partial charge in [0.15, 0.2) is 17.2 Å². The van der Waals surface area contributed by atoms with E-state index in [1.54, 1.807) is 16.8 Å². The number of anilines is 3. The zero-order valence-corrected chi connectivity index (χ0v) is 20.0. The van der Waals surface area contributed by atoms with Gasteiger partial charge in [-0.15, -0.1) is 0 Å². The van der Waals surface area contributed by atoms with Gasteiger partial charge in [0.2, 0.25) is 0 Å². The molecule has 2 fully saturated rings. The monoisotopic (exact) mass is 472 g/mol. The molecule has 4 aromatic rings. The predicted octanol–water partition coefficient (Wildman–Crippen LogP) is 3.29. The number of likely N-dealkylation sites (tertiary alicyclic amines) is 1. The maximum atomic E-state index is 11.4. The molecule has 10 heteroatoms. The minimum absolute atomic E-state index is 0.0768. The third-order valence-electron chi connectivity index (χ3n) is 7.01. The van der Waals surface area contributed by atoms with Crippen molar-refractivity contribution < 1.29 is 9.21 Å². The molecule has 1 amide bonds. The second-order valence-corrected chi connectivity index (χ2v) is 10.2. The van der Waals surface area contributed by atoms with Gasteiger partial charge in [-0.25, -0.2) is 14.5 Å². The van der Waals surface area contributed by atoms with E-state index in [9.17, 15) is 4.79 Å². The van der Waals surface area contributed by atoms with Gasteiger partial charge in [-0.1, -0.05) is 0 Å². The Bertz CT molecular complexity index is 1400. The van der Waals surface area contributed by atoms with Crippen molar-refractivity contribution in [2.75, 3.05) is 23.3 Å². The number of aromatic nitrogens is 4. The lowest BCUT2D eigenvalue weighted by Crippen LogP contribution is -2.53. The Balaban J connectivity index is 1.20. The topological polar surface area (TPSA) is 118 Å². The minimum Gasteiger partial charge on any atom is -0.458 e. The molecule has 10 nitrogen and oxygen atoms in total. The summed E-state index contributed by atoms with van der Waals surface area (Å²) < 4.78 is 6.89. The SMILES string of the molecule is CC(C)(C)N1C[C@H]2C[C@@H]1CN2c1ccc(Nc2ncc(-c3coc(C(N)=O)c3)n3ncnc23)cc1. The molecule has 35 heavy (non-hydrogen) atoms. The lowest BCUT2D eigenvalue weighted by molar-refractivity contribution is 0.0974. The molecule has 2 bridgehead atoms. The van der Waals surface area contributed by atoms with Gasteiger partial charge < -0.3 is 20.4 Å². The van der Waals surface area contributed by atoms with Gasteiger partial charge in [0.1, 0.15) is 12.6 Å². The molecule has 0 unspecified atom stereocenters. The maximum absolute atomic E-state index is 11.4. The normalized spacial score (nSPS) is 20.1. The molecule has 2 aliphatic heterocycles. The summed E-state index contributed by atoms with van der Waals surface area (Å²) in [7, 11) is 0. The fourth-order valence-electron chi connectivity index (χ4n) is 5.38. The van der Waals surface area contributed by atoms with Gasteiger partial charge in [0.25, 0.3) is 5.91 Å². The fourth-order valence-corrected chi connectivity index (χ4v) is 5.38. The van der Waals surface area contributed by atoms with E-state index in [0.717, 1.165) is 18.8 Å². The Morgan fingerprint density at radius 3 is 2.60 bits per heavy atom. The van der Waals surface area contributed by atoms with Crippen LogP contribution in [0.4, 0.5) is 17.2 Å². The van der Waals surface area contributed by atoms with Gasteiger partial charge in [-0.2, -0.15) is 5.10 Å². The van der Waals surface area contributed by atoms with Gasteiger partial charge in [0.05, 0.1) is 11.9 Å². The first-order chi connectivity index (χ1) is 16.8. The first-order valence-electron chi connectivity index (χ1n) is 11.8. The minimum atomic E-state index is -0.630. The van der Waals surface area contributed by atoms with E-state index in [1.165, 1.54) is 24.7 Å². The molecule has 3 N–H and O–H groups in total. The predicted molar refractivity (Wildman–Crippen MR) is 133 cm³/mol. The number of carbonyl (C=O) groups excluding carboxylic acids is 1. The van der Waals surface area contributed by atoms with Crippen LogP contribution in [0.1, 0.15) is 37.7 Å². The van der Waals surface area contributed by atoms with Gasteiger partial charge in [-0.3, -0.25) is 9.69 Å². The molecule has 1 aromatic carbocycles. The van der Waals surface area contributed by atoms with Crippen molar-refractivity contribution in [3.8, 4) is 11.3 Å². The van der Waals surface area contributed by atoms with Crippen LogP contribution in [0, 0.1) is 0 Å². The van der Waals surface area contributed by atoms with Crippen LogP contribution in [-0.4, -0.2) is 61.1 Å². The number of fused-ring (bicyclic) bond motifs is 3. The number of carbonyl (C=O) groups is 1. The number of nitrogens with one attached hydrogen (secondary N) is 1. The first-order valence-corrected chi connectivity index (χ1v) is 11.8. The highest BCUT2D eigenvalue weighted by molar-refractivity contribution is 5.91. The Morgan fingerprint density at radius 1 is 1.14 bits per heavy atom. The number of nitrogens with two attached hydrogens (primary N) is 1. The number of nitrogens with zero attached hydrogens (tertiary/aromatic N) is 6. The molecule has 0 saturated carbocycles. The number of benzene rings is 1. The number of rotatable bonds is 5. The Kier molecular flexibility index (Phi) is 4.82. The highest BCUT2D eigenvalue weighted by Crippen LogP contribution is 2.38. The lowest BCUT2D eigenvalue weighted by Gasteiger charge is -2.42. The third kappa shape index (κ3) is 3.70. The quantitative estimate of drug-likeness (QED) is 0.454. The summed E-state index contributed by atoms with van der Waals surface area (Å²) in [6, 6.07) is 11.2. The molecule has 180 valence electrons. The van der Waals surface area contributed by atoms with E-state index in [-0.39, 0.29) is 11.3 Å². The highest BCUT2D eigenvalue weighted by atomic mass is 16.3. The van der Waals surface area contributed by atoms with Crippen LogP contribution < -0.4 is 16.0 Å². The number of hydrogen-bond acceptors (Lipinski definition) is 8. The Labute approximate surface area is 202 Å². The number of hydrogen-bond donors (Lipinski definition) is 2. The van der Waals surface area contributed by atoms with Crippen LogP contribution in [0.2, 0.25) is 0 Å². The van der Waals surface area contributed by atoms with E-state index in [2.05, 4.69) is 75.2 Å². The summed E-state index contributed by atoms with van der Waals surface area (Å²) in [5.41, 5.74) is 9.53. The number of piperazine rings is 1. The number of primary amides is 1. The molecule has 0 radical (unpaired) electrons. The van der Waals surface area contributed by atoms with Crippen molar-refractivity contribution >= 4 is 28.7 Å². The summed E-state index contributed by atoms with van der Waals surface area (Å²) in [5, 5.41) is 7.68. The average molecular weight is 473 g/mol. The lowest BCUT2D eigenvalue weighted by atomic mass is 10.0. The Morgan fingerprint density at radius 2 is 1.94 bits per heavy atom. The van der Waals surface area contributed by atoms with E-state index in [0.29, 0.717) is 34.8 Å². The summed E-state index contributed by atoms with van der Waals surface area (Å²) >= 11 is 0. The molecule has 5 heterocycles. The molecule has 2 atom stereocenters. The van der Waals surface area contributed by atoms with Gasteiger partial charge >= 0.3 is 0 Å². The van der Waals surface area contributed by atoms with Crippen LogP contribution in [0.25, 0.3) is 16.9 Å². The third-order valence-corrected chi connectivity index (χ3v) is 7.01. The van der Waals surface area contributed by atoms with Crippen molar-refractivity contribution in [2.24, 2.45) is 5.73 Å². The van der Waals surface area contributed by atoms with Crippen LogP contribution in [0.3, 0.4) is 0 Å². The molecule has 0 aliphatic carbocycles. The maximum Gasteiger partial charge on any atom is 0.284 e. The second kappa shape index (κ2) is 7.81. The van der Waals surface area contributed by atoms with Crippen LogP contribution in [-0.2, 0) is 0 Å². The average Bonchev–Trinajstić information content (AvgIpc) is 3.62. The fraction of sp³-hybridized carbons (Fsp3) is 0.360. The standard InChI is InChI=1S/C25H28N8O2/c1-25(2,3)32-12-18-9-19(32)11-31(18)17-6-4-16(5-7-17)30-23-24-28-14-29-33(24)20(10-27-23)15-8-21(22(26)34)35-13-15/h4-8,10,13-14,18-19H,9,11-12H2,1-3H3,(H2,26,34)(H,27,30)/t18-,19-/m1/s1. The Hall–Kier alpha value is -3.92. The van der Waals surface area contributed by atoms with Crippen molar-refractivity contribution in [3.05, 3.63) is 54.9 Å². The molecule has 0 spiro atoms. The highest BCUT2D eigenvalue weighted by Gasteiger charge is 2.46. The molecular formula is C25H28N8O2. The van der Waals surface area contributed by atoms with Crippen molar-refractivity contribution in [1.82, 2.24) is 24.5 Å². The van der Waals surface area contributed by atoms with Crippen molar-refractivity contribution in [1.29, 1.82) is 0 Å². The molecule has 2 aliphatic rings. The zero-order chi connectivity index (χ0) is 24.3. The molecular weight excluding hydrogens is 444 g/mol. The second-order valence-electron chi connectivity index (χ2n) is 10.2. The van der Waals surface area contributed by atoms with Gasteiger partial charge in [0, 0.05) is 47.7 Å². The molecule has 3 aromatic heterocycles. The molecule has 2 saturated heterocycles. The largest absolute Gasteiger partial charge is 0.458 e. The van der Waals surface area contributed by atoms with Crippen LogP contribution in [0.15, 0.2) is 53.5 Å². The van der Waals surface area contributed by atoms with Gasteiger partial charge in [-0.05, 0) is 57.5 Å².